The van der Waals surface area contributed by atoms with E-state index < -0.39 is 0 Å². The molecule has 0 radical (unpaired) electrons. The summed E-state index contributed by atoms with van der Waals surface area (Å²) in [5, 5.41) is 1.13. The maximum absolute atomic E-state index is 10.5. The summed E-state index contributed by atoms with van der Waals surface area (Å²) < 4.78 is 2.01. The SMILES string of the molecule is Cc1cn(CCN(N)C=O)c(-c2ccccc2)n1. The van der Waals surface area contributed by atoms with E-state index in [0.717, 1.165) is 22.1 Å². The normalized spacial score (nSPS) is 10.3. The van der Waals surface area contributed by atoms with Crippen LogP contribution in [0.3, 0.4) is 0 Å². The van der Waals surface area contributed by atoms with E-state index in [1.807, 2.05) is 48.0 Å². The van der Waals surface area contributed by atoms with Crippen molar-refractivity contribution in [1.29, 1.82) is 0 Å². The average Bonchev–Trinajstić information content (AvgIpc) is 2.78. The molecule has 0 fully saturated rings. The third-order valence-electron chi connectivity index (χ3n) is 2.66. The number of benzene rings is 1. The highest BCUT2D eigenvalue weighted by molar-refractivity contribution is 5.55. The molecule has 0 aliphatic heterocycles. The van der Waals surface area contributed by atoms with E-state index in [-0.39, 0.29) is 0 Å². The smallest absolute Gasteiger partial charge is 0.223 e. The van der Waals surface area contributed by atoms with Crippen LogP contribution in [0.4, 0.5) is 0 Å². The fourth-order valence-electron chi connectivity index (χ4n) is 1.81. The largest absolute Gasteiger partial charge is 0.329 e. The topological polar surface area (TPSA) is 64.2 Å². The van der Waals surface area contributed by atoms with Gasteiger partial charge in [0, 0.05) is 18.3 Å². The van der Waals surface area contributed by atoms with E-state index in [2.05, 4.69) is 4.98 Å². The van der Waals surface area contributed by atoms with Crippen molar-refractivity contribution in [2.24, 2.45) is 5.84 Å². The zero-order valence-corrected chi connectivity index (χ0v) is 10.3. The van der Waals surface area contributed by atoms with Gasteiger partial charge in [-0.15, -0.1) is 0 Å². The summed E-state index contributed by atoms with van der Waals surface area (Å²) in [5.41, 5.74) is 2.00. The predicted molar refractivity (Wildman–Crippen MR) is 69.4 cm³/mol. The lowest BCUT2D eigenvalue weighted by molar-refractivity contribution is -0.118. The first-order valence-electron chi connectivity index (χ1n) is 5.76. The summed E-state index contributed by atoms with van der Waals surface area (Å²) in [6.07, 6.45) is 2.58. The highest BCUT2D eigenvalue weighted by Gasteiger charge is 2.08. The van der Waals surface area contributed by atoms with E-state index in [0.29, 0.717) is 19.5 Å². The Labute approximate surface area is 106 Å². The summed E-state index contributed by atoms with van der Waals surface area (Å²) in [5.74, 6) is 6.34. The van der Waals surface area contributed by atoms with Gasteiger partial charge in [0.05, 0.1) is 12.2 Å². The van der Waals surface area contributed by atoms with Crippen LogP contribution in [0.2, 0.25) is 0 Å². The number of nitrogens with two attached hydrogens (primary N) is 1. The molecular formula is C13H16N4O. The summed E-state index contributed by atoms with van der Waals surface area (Å²) >= 11 is 0. The standard InChI is InChI=1S/C13H16N4O/c1-11-9-16(7-8-17(14)10-18)13(15-11)12-5-3-2-4-6-12/h2-6,9-10H,7-8,14H2,1H3. The van der Waals surface area contributed by atoms with Crippen LogP contribution in [0.5, 0.6) is 0 Å². The maximum atomic E-state index is 10.5. The molecule has 1 amide bonds. The zero-order valence-electron chi connectivity index (χ0n) is 10.3. The van der Waals surface area contributed by atoms with Crippen molar-refractivity contribution in [1.82, 2.24) is 14.6 Å². The first kappa shape index (κ1) is 12.3. The van der Waals surface area contributed by atoms with Crippen molar-refractivity contribution in [2.45, 2.75) is 13.5 Å². The molecule has 0 saturated carbocycles. The Morgan fingerprint density at radius 1 is 1.39 bits per heavy atom. The zero-order chi connectivity index (χ0) is 13.0. The highest BCUT2D eigenvalue weighted by atomic mass is 16.1. The molecule has 0 aliphatic rings. The molecular weight excluding hydrogens is 228 g/mol. The van der Waals surface area contributed by atoms with Gasteiger partial charge in [-0.2, -0.15) is 0 Å². The van der Waals surface area contributed by atoms with E-state index >= 15 is 0 Å². The van der Waals surface area contributed by atoms with Crippen LogP contribution in [0.15, 0.2) is 36.5 Å². The Balaban J connectivity index is 2.23. The quantitative estimate of drug-likeness (QED) is 0.372. The second-order valence-corrected chi connectivity index (χ2v) is 4.11. The number of nitrogens with zero attached hydrogens (tertiary/aromatic N) is 3. The Bertz CT molecular complexity index is 521. The molecule has 0 saturated heterocycles. The van der Waals surface area contributed by atoms with Crippen LogP contribution in [-0.2, 0) is 11.3 Å². The van der Waals surface area contributed by atoms with E-state index in [1.165, 1.54) is 0 Å². The van der Waals surface area contributed by atoms with Crippen molar-refractivity contribution >= 4 is 6.41 Å². The number of carbonyl (C=O) groups is 1. The molecule has 1 aromatic carbocycles. The minimum absolute atomic E-state index is 0.457. The molecule has 0 unspecified atom stereocenters. The van der Waals surface area contributed by atoms with Gasteiger partial charge < -0.3 is 4.57 Å². The Kier molecular flexibility index (Phi) is 3.74. The number of aromatic nitrogens is 2. The van der Waals surface area contributed by atoms with E-state index in [4.69, 9.17) is 5.84 Å². The van der Waals surface area contributed by atoms with Gasteiger partial charge in [0.25, 0.3) is 0 Å². The van der Waals surface area contributed by atoms with Gasteiger partial charge in [0.2, 0.25) is 6.41 Å². The van der Waals surface area contributed by atoms with Gasteiger partial charge in [-0.1, -0.05) is 30.3 Å². The molecule has 94 valence electrons. The molecule has 2 N–H and O–H groups in total. The van der Waals surface area contributed by atoms with Crippen LogP contribution in [0, 0.1) is 6.92 Å². The van der Waals surface area contributed by atoms with Gasteiger partial charge >= 0.3 is 0 Å². The molecule has 5 nitrogen and oxygen atoms in total. The van der Waals surface area contributed by atoms with Crippen LogP contribution >= 0.6 is 0 Å². The number of aryl methyl sites for hydroxylation is 1. The fourth-order valence-corrected chi connectivity index (χ4v) is 1.81. The summed E-state index contributed by atoms with van der Waals surface area (Å²) in [6.45, 7) is 3.03. The van der Waals surface area contributed by atoms with Gasteiger partial charge in [-0.05, 0) is 6.92 Å². The number of imidazole rings is 1. The number of amides is 1. The predicted octanol–water partition coefficient (Wildman–Crippen LogP) is 1.19. The highest BCUT2D eigenvalue weighted by Crippen LogP contribution is 2.18. The van der Waals surface area contributed by atoms with E-state index in [1.54, 1.807) is 0 Å². The second kappa shape index (κ2) is 5.46. The second-order valence-electron chi connectivity index (χ2n) is 4.11. The summed E-state index contributed by atoms with van der Waals surface area (Å²) in [6, 6.07) is 9.95. The molecule has 0 atom stereocenters. The van der Waals surface area contributed by atoms with Crippen LogP contribution in [-0.4, -0.2) is 27.5 Å². The first-order chi connectivity index (χ1) is 8.70. The molecule has 0 aliphatic carbocycles. The van der Waals surface area contributed by atoms with Gasteiger partial charge in [0.1, 0.15) is 5.82 Å². The number of rotatable bonds is 5. The van der Waals surface area contributed by atoms with Crippen molar-refractivity contribution in [3.8, 4) is 11.4 Å². The number of hydrogen-bond acceptors (Lipinski definition) is 3. The molecule has 1 aromatic heterocycles. The average molecular weight is 244 g/mol. The lowest BCUT2D eigenvalue weighted by atomic mass is 10.2. The summed E-state index contributed by atoms with van der Waals surface area (Å²) in [7, 11) is 0. The summed E-state index contributed by atoms with van der Waals surface area (Å²) in [4.78, 5) is 15.0. The van der Waals surface area contributed by atoms with Crippen molar-refractivity contribution in [3.63, 3.8) is 0 Å². The van der Waals surface area contributed by atoms with Crippen LogP contribution in [0.1, 0.15) is 5.69 Å². The molecule has 2 rings (SSSR count). The van der Waals surface area contributed by atoms with Crippen molar-refractivity contribution < 1.29 is 4.79 Å². The number of carbonyl (C=O) groups excluding carboxylic acids is 1. The van der Waals surface area contributed by atoms with Crippen LogP contribution in [0.25, 0.3) is 11.4 Å². The van der Waals surface area contributed by atoms with Gasteiger partial charge in [-0.3, -0.25) is 9.80 Å². The molecule has 2 aromatic rings. The van der Waals surface area contributed by atoms with Crippen molar-refractivity contribution in [3.05, 3.63) is 42.2 Å². The van der Waals surface area contributed by atoms with Crippen molar-refractivity contribution in [2.75, 3.05) is 6.54 Å². The van der Waals surface area contributed by atoms with Gasteiger partial charge in [0.15, 0.2) is 0 Å². The monoisotopic (exact) mass is 244 g/mol. The molecule has 0 bridgehead atoms. The maximum Gasteiger partial charge on any atom is 0.223 e. The Hall–Kier alpha value is -2.14. The number of hydrazine groups is 1. The minimum atomic E-state index is 0.457. The first-order valence-corrected chi connectivity index (χ1v) is 5.76. The molecule has 0 spiro atoms. The lowest BCUT2D eigenvalue weighted by Crippen LogP contribution is -2.32. The Morgan fingerprint density at radius 3 is 2.78 bits per heavy atom. The minimum Gasteiger partial charge on any atom is -0.329 e. The number of hydrogen-bond donors (Lipinski definition) is 1. The molecule has 5 heteroatoms. The fraction of sp³-hybridized carbons (Fsp3) is 0.231. The third kappa shape index (κ3) is 2.75. The lowest BCUT2D eigenvalue weighted by Gasteiger charge is -2.12. The van der Waals surface area contributed by atoms with E-state index in [9.17, 15) is 4.79 Å². The van der Waals surface area contributed by atoms with Crippen LogP contribution < -0.4 is 5.84 Å². The molecule has 1 heterocycles. The van der Waals surface area contributed by atoms with Gasteiger partial charge in [-0.25, -0.2) is 10.8 Å². The molecule has 18 heavy (non-hydrogen) atoms. The third-order valence-corrected chi connectivity index (χ3v) is 2.66. The Morgan fingerprint density at radius 2 is 2.11 bits per heavy atom.